The molecule has 3 N–H and O–H groups in total. The molecule has 0 bridgehead atoms. The number of nitrogens with zero attached hydrogens (tertiary/aromatic N) is 5. The summed E-state index contributed by atoms with van der Waals surface area (Å²) in [6, 6.07) is 0. The van der Waals surface area contributed by atoms with Crippen molar-refractivity contribution in [3.8, 4) is 0 Å². The lowest BCUT2D eigenvalue weighted by atomic mass is 9.96. The Kier molecular flexibility index (Phi) is 3.27. The Morgan fingerprint density at radius 3 is 2.74 bits per heavy atom. The maximum absolute atomic E-state index is 10.6. The molecule has 4 atom stereocenters. The van der Waals surface area contributed by atoms with Crippen LogP contribution in [-0.4, -0.2) is 72.3 Å². The predicted molar refractivity (Wildman–Crippen MR) is 79.8 cm³/mol. The van der Waals surface area contributed by atoms with Crippen LogP contribution in [0.2, 0.25) is 0 Å². The van der Waals surface area contributed by atoms with Crippen molar-refractivity contribution in [1.29, 1.82) is 0 Å². The Bertz CT molecular complexity index is 729. The van der Waals surface area contributed by atoms with Gasteiger partial charge in [-0.05, 0) is 13.3 Å². The number of imidazole rings is 1. The smallest absolute Gasteiger partial charge is 0.168 e. The third-order valence-electron chi connectivity index (χ3n) is 4.68. The SMILES string of the molecule is C[C@@]1(O)C(O)C(CO)OC1n1cnc2c(N3CCC3)ncnc21. The quantitative estimate of drug-likeness (QED) is 0.662. The number of fused-ring (bicyclic) bond motifs is 1. The van der Waals surface area contributed by atoms with Gasteiger partial charge in [-0.2, -0.15) is 0 Å². The van der Waals surface area contributed by atoms with Gasteiger partial charge in [0.25, 0.3) is 0 Å². The minimum absolute atomic E-state index is 0.380. The highest BCUT2D eigenvalue weighted by atomic mass is 16.6. The predicted octanol–water partition coefficient (Wildman–Crippen LogP) is -0.962. The molecule has 0 radical (unpaired) electrons. The molecule has 4 heterocycles. The van der Waals surface area contributed by atoms with Gasteiger partial charge in [-0.1, -0.05) is 0 Å². The molecule has 124 valence electrons. The minimum Gasteiger partial charge on any atom is -0.394 e. The molecule has 0 aromatic carbocycles. The molecule has 2 saturated heterocycles. The fourth-order valence-corrected chi connectivity index (χ4v) is 3.16. The first kappa shape index (κ1) is 14.8. The van der Waals surface area contributed by atoms with Gasteiger partial charge in [0.1, 0.15) is 24.1 Å². The number of rotatable bonds is 3. The van der Waals surface area contributed by atoms with Gasteiger partial charge in [0.2, 0.25) is 0 Å². The monoisotopic (exact) mass is 321 g/mol. The molecular weight excluding hydrogens is 302 g/mol. The van der Waals surface area contributed by atoms with E-state index in [2.05, 4.69) is 19.9 Å². The number of ether oxygens (including phenoxy) is 1. The fraction of sp³-hybridized carbons (Fsp3) is 0.643. The number of aromatic nitrogens is 4. The minimum atomic E-state index is -1.57. The Hall–Kier alpha value is -1.81. The molecule has 2 aliphatic rings. The van der Waals surface area contributed by atoms with Crippen LogP contribution in [0, 0.1) is 0 Å². The Morgan fingerprint density at radius 1 is 1.35 bits per heavy atom. The molecule has 2 aliphatic heterocycles. The summed E-state index contributed by atoms with van der Waals surface area (Å²) in [5.41, 5.74) is -0.408. The number of anilines is 1. The second kappa shape index (κ2) is 5.10. The van der Waals surface area contributed by atoms with E-state index in [1.165, 1.54) is 19.6 Å². The zero-order valence-corrected chi connectivity index (χ0v) is 12.7. The van der Waals surface area contributed by atoms with Gasteiger partial charge in [-0.15, -0.1) is 0 Å². The standard InChI is InChI=1S/C14H19N5O4/c1-14(22)10(21)8(5-20)23-13(14)19-7-17-9-11(18-3-2-4-18)15-6-16-12(9)19/h6-8,10,13,20-22H,2-5H2,1H3/t8?,10?,13?,14-/m1/s1. The number of hydrogen-bond acceptors (Lipinski definition) is 8. The molecule has 23 heavy (non-hydrogen) atoms. The number of aliphatic hydroxyl groups excluding tert-OH is 2. The summed E-state index contributed by atoms with van der Waals surface area (Å²) in [5, 5.41) is 30.0. The highest BCUT2D eigenvalue weighted by Gasteiger charge is 2.53. The maximum atomic E-state index is 10.6. The highest BCUT2D eigenvalue weighted by molar-refractivity contribution is 5.83. The lowest BCUT2D eigenvalue weighted by molar-refractivity contribution is -0.0950. The van der Waals surface area contributed by atoms with Crippen LogP contribution in [0.25, 0.3) is 11.2 Å². The summed E-state index contributed by atoms with van der Waals surface area (Å²) in [5.74, 6) is 0.761. The summed E-state index contributed by atoms with van der Waals surface area (Å²) < 4.78 is 7.21. The van der Waals surface area contributed by atoms with Crippen LogP contribution in [0.15, 0.2) is 12.7 Å². The van der Waals surface area contributed by atoms with Gasteiger partial charge < -0.3 is 25.0 Å². The maximum Gasteiger partial charge on any atom is 0.168 e. The molecule has 9 heteroatoms. The first-order valence-electron chi connectivity index (χ1n) is 7.63. The molecule has 0 spiro atoms. The highest BCUT2D eigenvalue weighted by Crippen LogP contribution is 2.39. The zero-order valence-electron chi connectivity index (χ0n) is 12.7. The van der Waals surface area contributed by atoms with Crippen LogP contribution >= 0.6 is 0 Å². The van der Waals surface area contributed by atoms with E-state index in [-0.39, 0.29) is 6.61 Å². The number of hydrogen-bond donors (Lipinski definition) is 3. The van der Waals surface area contributed by atoms with Crippen LogP contribution in [0.1, 0.15) is 19.6 Å². The van der Waals surface area contributed by atoms with E-state index >= 15 is 0 Å². The molecule has 0 amide bonds. The summed E-state index contributed by atoms with van der Waals surface area (Å²) in [6.07, 6.45) is 1.15. The molecule has 0 aliphatic carbocycles. The van der Waals surface area contributed by atoms with Crippen molar-refractivity contribution < 1.29 is 20.1 Å². The van der Waals surface area contributed by atoms with Crippen molar-refractivity contribution in [2.45, 2.75) is 37.4 Å². The zero-order chi connectivity index (χ0) is 16.2. The van der Waals surface area contributed by atoms with E-state index in [1.807, 2.05) is 0 Å². The Balaban J connectivity index is 1.78. The van der Waals surface area contributed by atoms with Gasteiger partial charge in [0.05, 0.1) is 12.9 Å². The summed E-state index contributed by atoms with van der Waals surface area (Å²) >= 11 is 0. The van der Waals surface area contributed by atoms with E-state index in [1.54, 1.807) is 4.57 Å². The first-order valence-corrected chi connectivity index (χ1v) is 7.63. The lowest BCUT2D eigenvalue weighted by Crippen LogP contribution is -2.44. The van der Waals surface area contributed by atoms with Crippen molar-refractivity contribution in [3.63, 3.8) is 0 Å². The first-order chi connectivity index (χ1) is 11.0. The average Bonchev–Trinajstić information content (AvgIpc) is 2.99. The van der Waals surface area contributed by atoms with Gasteiger partial charge in [-0.25, -0.2) is 15.0 Å². The van der Waals surface area contributed by atoms with Crippen molar-refractivity contribution in [3.05, 3.63) is 12.7 Å². The van der Waals surface area contributed by atoms with Gasteiger partial charge in [0, 0.05) is 13.1 Å². The van der Waals surface area contributed by atoms with Crippen molar-refractivity contribution in [1.82, 2.24) is 19.5 Å². The van der Waals surface area contributed by atoms with Crippen LogP contribution < -0.4 is 4.90 Å². The molecule has 2 aromatic rings. The van der Waals surface area contributed by atoms with Crippen LogP contribution in [0.4, 0.5) is 5.82 Å². The topological polar surface area (TPSA) is 117 Å². The molecular formula is C14H19N5O4. The second-order valence-corrected chi connectivity index (χ2v) is 6.24. The summed E-state index contributed by atoms with van der Waals surface area (Å²) in [4.78, 5) is 15.0. The molecule has 2 aromatic heterocycles. The average molecular weight is 321 g/mol. The van der Waals surface area contributed by atoms with E-state index in [0.29, 0.717) is 11.2 Å². The van der Waals surface area contributed by atoms with Gasteiger partial charge in [-0.3, -0.25) is 4.57 Å². The van der Waals surface area contributed by atoms with Crippen molar-refractivity contribution in [2.75, 3.05) is 24.6 Å². The molecule has 4 rings (SSSR count). The lowest BCUT2D eigenvalue weighted by Gasteiger charge is -2.32. The third-order valence-corrected chi connectivity index (χ3v) is 4.68. The van der Waals surface area contributed by atoms with Gasteiger partial charge in [0.15, 0.2) is 23.2 Å². The Morgan fingerprint density at radius 2 is 2.13 bits per heavy atom. The van der Waals surface area contributed by atoms with Gasteiger partial charge >= 0.3 is 0 Å². The van der Waals surface area contributed by atoms with E-state index in [4.69, 9.17) is 4.74 Å². The third kappa shape index (κ3) is 2.04. The van der Waals surface area contributed by atoms with Crippen molar-refractivity contribution >= 4 is 17.0 Å². The largest absolute Gasteiger partial charge is 0.394 e. The van der Waals surface area contributed by atoms with E-state index in [0.717, 1.165) is 25.3 Å². The van der Waals surface area contributed by atoms with E-state index in [9.17, 15) is 15.3 Å². The van der Waals surface area contributed by atoms with Crippen molar-refractivity contribution in [2.24, 2.45) is 0 Å². The molecule has 2 fully saturated rings. The summed E-state index contributed by atoms with van der Waals surface area (Å²) in [7, 11) is 0. The fourth-order valence-electron chi connectivity index (χ4n) is 3.16. The van der Waals surface area contributed by atoms with Crippen LogP contribution in [0.3, 0.4) is 0 Å². The molecule has 3 unspecified atom stereocenters. The second-order valence-electron chi connectivity index (χ2n) is 6.24. The van der Waals surface area contributed by atoms with E-state index < -0.39 is 24.0 Å². The van der Waals surface area contributed by atoms with Crippen LogP contribution in [0.5, 0.6) is 0 Å². The number of aliphatic hydroxyl groups is 3. The Labute approximate surface area is 132 Å². The molecule has 0 saturated carbocycles. The molecule has 9 nitrogen and oxygen atoms in total. The summed E-state index contributed by atoms with van der Waals surface area (Å²) in [6.45, 7) is 2.96. The van der Waals surface area contributed by atoms with Crippen LogP contribution in [-0.2, 0) is 4.74 Å². The normalized spacial score (nSPS) is 34.1.